The number of imidazole rings is 1. The van der Waals surface area contributed by atoms with Crippen molar-refractivity contribution in [1.29, 1.82) is 0 Å². The third kappa shape index (κ3) is 4.97. The summed E-state index contributed by atoms with van der Waals surface area (Å²) in [6.45, 7) is 2.35. The van der Waals surface area contributed by atoms with E-state index < -0.39 is 0 Å². The molecule has 1 N–H and O–H groups in total. The molecule has 1 heterocycles. The maximum atomic E-state index is 13.1. The maximum absolute atomic E-state index is 13.1. The molecule has 4 rings (SSSR count). The number of amides is 2. The Morgan fingerprint density at radius 2 is 1.79 bits per heavy atom. The van der Waals surface area contributed by atoms with Gasteiger partial charge in [-0.15, -0.1) is 0 Å². The second-order valence-corrected chi connectivity index (χ2v) is 8.77. The van der Waals surface area contributed by atoms with E-state index in [1.54, 1.807) is 24.3 Å². The molecule has 0 saturated heterocycles. The third-order valence-corrected chi connectivity index (χ3v) is 6.45. The Kier molecular flexibility index (Phi) is 6.87. The second-order valence-electron chi connectivity index (χ2n) is 8.77. The number of hydrogen-bond acceptors (Lipinski definition) is 4. The molecule has 0 atom stereocenters. The molecule has 3 aromatic rings. The van der Waals surface area contributed by atoms with Gasteiger partial charge in [0.25, 0.3) is 11.8 Å². The first-order valence-electron chi connectivity index (χ1n) is 11.6. The largest absolute Gasteiger partial charge is 0.339 e. The highest BCUT2D eigenvalue weighted by atomic mass is 16.2. The van der Waals surface area contributed by atoms with Crippen LogP contribution in [0.15, 0.2) is 42.5 Å². The van der Waals surface area contributed by atoms with Crippen molar-refractivity contribution in [3.63, 3.8) is 0 Å². The van der Waals surface area contributed by atoms with Crippen molar-refractivity contribution in [2.45, 2.75) is 58.0 Å². The van der Waals surface area contributed by atoms with Gasteiger partial charge in [0, 0.05) is 37.2 Å². The summed E-state index contributed by atoms with van der Waals surface area (Å²) in [7, 11) is 1.87. The SMILES string of the molecule is Cc1ccc(C(=O)Nc2nc3cc(C(=O)N(C)C4CCCCC4)ccc3n2CCC=O)cc1. The molecule has 7 heteroatoms. The van der Waals surface area contributed by atoms with E-state index in [4.69, 9.17) is 0 Å². The van der Waals surface area contributed by atoms with Crippen LogP contribution in [0.5, 0.6) is 0 Å². The Labute approximate surface area is 193 Å². The topological polar surface area (TPSA) is 84.3 Å². The first-order valence-corrected chi connectivity index (χ1v) is 11.6. The third-order valence-electron chi connectivity index (χ3n) is 6.45. The fraction of sp³-hybridized carbons (Fsp3) is 0.385. The molecule has 0 spiro atoms. The van der Waals surface area contributed by atoms with Gasteiger partial charge in [0.1, 0.15) is 6.29 Å². The number of carbonyl (C=O) groups is 3. The lowest BCUT2D eigenvalue weighted by molar-refractivity contribution is -0.108. The van der Waals surface area contributed by atoms with Gasteiger partial charge in [0.05, 0.1) is 11.0 Å². The van der Waals surface area contributed by atoms with Crippen molar-refractivity contribution in [2.75, 3.05) is 12.4 Å². The van der Waals surface area contributed by atoms with Gasteiger partial charge in [0.2, 0.25) is 5.95 Å². The highest BCUT2D eigenvalue weighted by Crippen LogP contribution is 2.26. The minimum atomic E-state index is -0.272. The molecule has 1 aliphatic rings. The number of carbonyl (C=O) groups excluding carboxylic acids is 3. The van der Waals surface area contributed by atoms with Crippen molar-refractivity contribution >= 4 is 35.1 Å². The Bertz CT molecular complexity index is 1160. The van der Waals surface area contributed by atoms with Crippen LogP contribution in [0.1, 0.15) is 64.8 Å². The second kappa shape index (κ2) is 9.98. The van der Waals surface area contributed by atoms with Gasteiger partial charge < -0.3 is 14.3 Å². The summed E-state index contributed by atoms with van der Waals surface area (Å²) in [4.78, 5) is 43.4. The van der Waals surface area contributed by atoms with Gasteiger partial charge in [-0.25, -0.2) is 4.98 Å². The van der Waals surface area contributed by atoms with Crippen LogP contribution in [0.25, 0.3) is 11.0 Å². The van der Waals surface area contributed by atoms with Gasteiger partial charge in [-0.3, -0.25) is 14.9 Å². The number of aryl methyl sites for hydroxylation is 2. The van der Waals surface area contributed by atoms with E-state index in [1.165, 1.54) is 6.42 Å². The molecule has 1 aromatic heterocycles. The van der Waals surface area contributed by atoms with Gasteiger partial charge in [-0.1, -0.05) is 37.0 Å². The Morgan fingerprint density at radius 3 is 2.48 bits per heavy atom. The summed E-state index contributed by atoms with van der Waals surface area (Å²) in [5, 5.41) is 2.87. The molecule has 0 bridgehead atoms. The molecular weight excluding hydrogens is 416 g/mol. The highest BCUT2D eigenvalue weighted by Gasteiger charge is 2.24. The number of aldehydes is 1. The zero-order chi connectivity index (χ0) is 23.4. The first-order chi connectivity index (χ1) is 16.0. The monoisotopic (exact) mass is 446 g/mol. The molecule has 1 fully saturated rings. The predicted molar refractivity (Wildman–Crippen MR) is 129 cm³/mol. The van der Waals surface area contributed by atoms with Crippen LogP contribution in [0.3, 0.4) is 0 Å². The lowest BCUT2D eigenvalue weighted by Crippen LogP contribution is -2.38. The van der Waals surface area contributed by atoms with Gasteiger partial charge >= 0.3 is 0 Å². The molecule has 0 radical (unpaired) electrons. The van der Waals surface area contributed by atoms with Crippen LogP contribution >= 0.6 is 0 Å². The molecule has 0 aliphatic heterocycles. The Hall–Kier alpha value is -3.48. The molecular formula is C26H30N4O3. The fourth-order valence-corrected chi connectivity index (χ4v) is 4.48. The Balaban J connectivity index is 1.62. The minimum Gasteiger partial charge on any atom is -0.339 e. The van der Waals surface area contributed by atoms with Crippen LogP contribution < -0.4 is 5.32 Å². The van der Waals surface area contributed by atoms with E-state index in [-0.39, 0.29) is 17.9 Å². The average Bonchev–Trinajstić information content (AvgIpc) is 3.18. The molecule has 1 saturated carbocycles. The van der Waals surface area contributed by atoms with Crippen LogP contribution in [0.2, 0.25) is 0 Å². The number of nitrogens with zero attached hydrogens (tertiary/aromatic N) is 3. The normalized spacial score (nSPS) is 14.2. The lowest BCUT2D eigenvalue weighted by Gasteiger charge is -2.31. The van der Waals surface area contributed by atoms with E-state index in [0.717, 1.165) is 43.0 Å². The van der Waals surface area contributed by atoms with Crippen LogP contribution in [-0.4, -0.2) is 45.6 Å². The number of fused-ring (bicyclic) bond motifs is 1. The lowest BCUT2D eigenvalue weighted by atomic mass is 9.94. The van der Waals surface area contributed by atoms with Crippen LogP contribution in [0.4, 0.5) is 5.95 Å². The van der Waals surface area contributed by atoms with Crippen molar-refractivity contribution in [3.05, 3.63) is 59.2 Å². The average molecular weight is 447 g/mol. The van der Waals surface area contributed by atoms with E-state index >= 15 is 0 Å². The number of hydrogen-bond donors (Lipinski definition) is 1. The summed E-state index contributed by atoms with van der Waals surface area (Å²) in [6, 6.07) is 13.0. The Morgan fingerprint density at radius 1 is 1.09 bits per heavy atom. The molecule has 7 nitrogen and oxygen atoms in total. The summed E-state index contributed by atoms with van der Waals surface area (Å²) in [5.41, 5.74) is 3.56. The number of aromatic nitrogens is 2. The fourth-order valence-electron chi connectivity index (χ4n) is 4.48. The van der Waals surface area contributed by atoms with E-state index in [2.05, 4.69) is 10.3 Å². The van der Waals surface area contributed by atoms with Gasteiger partial charge in [-0.05, 0) is 50.1 Å². The summed E-state index contributed by atoms with van der Waals surface area (Å²) < 4.78 is 1.81. The number of benzene rings is 2. The van der Waals surface area contributed by atoms with E-state index in [9.17, 15) is 14.4 Å². The van der Waals surface area contributed by atoms with E-state index in [0.29, 0.717) is 35.6 Å². The standard InChI is InChI=1S/C26H30N4O3/c1-18-9-11-19(12-10-18)24(32)28-26-27-22-17-20(13-14-23(22)30(26)15-6-16-31)25(33)29(2)21-7-4-3-5-8-21/h9-14,16-17,21H,3-8,15H2,1-2H3,(H,27,28,32). The molecule has 1 aliphatic carbocycles. The van der Waals surface area contributed by atoms with Crippen LogP contribution in [-0.2, 0) is 11.3 Å². The number of nitrogens with one attached hydrogen (secondary N) is 1. The van der Waals surface area contributed by atoms with Gasteiger partial charge in [-0.2, -0.15) is 0 Å². The van der Waals surface area contributed by atoms with E-state index in [1.807, 2.05) is 41.6 Å². The summed E-state index contributed by atoms with van der Waals surface area (Å²) in [6.07, 6.45) is 6.77. The van der Waals surface area contributed by atoms with Crippen molar-refractivity contribution in [2.24, 2.45) is 0 Å². The molecule has 172 valence electrons. The summed E-state index contributed by atoms with van der Waals surface area (Å²) >= 11 is 0. The minimum absolute atomic E-state index is 0.0171. The number of anilines is 1. The molecule has 2 amide bonds. The van der Waals surface area contributed by atoms with Crippen molar-refractivity contribution < 1.29 is 14.4 Å². The van der Waals surface area contributed by atoms with Gasteiger partial charge in [0.15, 0.2) is 0 Å². The predicted octanol–water partition coefficient (Wildman–Crippen LogP) is 4.59. The smallest absolute Gasteiger partial charge is 0.257 e. The zero-order valence-corrected chi connectivity index (χ0v) is 19.2. The van der Waals surface area contributed by atoms with Crippen molar-refractivity contribution in [1.82, 2.24) is 14.5 Å². The first kappa shape index (κ1) is 22.7. The highest BCUT2D eigenvalue weighted by molar-refractivity contribution is 6.04. The summed E-state index contributed by atoms with van der Waals surface area (Å²) in [5.74, 6) is 0.0742. The number of rotatable bonds is 7. The van der Waals surface area contributed by atoms with Crippen LogP contribution in [0, 0.1) is 6.92 Å². The zero-order valence-electron chi connectivity index (χ0n) is 19.2. The molecule has 2 aromatic carbocycles. The van der Waals surface area contributed by atoms with Crippen molar-refractivity contribution in [3.8, 4) is 0 Å². The maximum Gasteiger partial charge on any atom is 0.257 e. The molecule has 33 heavy (non-hydrogen) atoms. The quantitative estimate of drug-likeness (QED) is 0.538. The molecule has 0 unspecified atom stereocenters.